The fourth-order valence-corrected chi connectivity index (χ4v) is 4.65. The first kappa shape index (κ1) is 20.3. The highest BCUT2D eigenvalue weighted by Gasteiger charge is 2.21. The number of azide groups is 1. The fraction of sp³-hybridized carbons (Fsp3) is 0.0556. The third-order valence-electron chi connectivity index (χ3n) is 3.97. The number of aromatic nitrogens is 1. The van der Waals surface area contributed by atoms with E-state index < -0.39 is 15.9 Å². The summed E-state index contributed by atoms with van der Waals surface area (Å²) in [6.07, 6.45) is 3.94. The highest BCUT2D eigenvalue weighted by atomic mass is 79.9. The van der Waals surface area contributed by atoms with Crippen molar-refractivity contribution in [3.05, 3.63) is 79.2 Å². The lowest BCUT2D eigenvalue weighted by Crippen LogP contribution is -2.11. The maximum absolute atomic E-state index is 13.2. The van der Waals surface area contributed by atoms with Crippen LogP contribution in [0.3, 0.4) is 0 Å². The maximum atomic E-state index is 13.2. The van der Waals surface area contributed by atoms with Crippen molar-refractivity contribution in [2.75, 3.05) is 0 Å². The number of amides is 1. The van der Waals surface area contributed by atoms with Crippen LogP contribution < -0.4 is 0 Å². The Kier molecular flexibility index (Phi) is 5.76. The van der Waals surface area contributed by atoms with Crippen molar-refractivity contribution in [1.29, 1.82) is 0 Å². The van der Waals surface area contributed by atoms with Gasteiger partial charge in [0.05, 0.1) is 10.4 Å². The smallest absolute Gasteiger partial charge is 0.268 e. The number of rotatable bonds is 4. The molecule has 0 aliphatic carbocycles. The van der Waals surface area contributed by atoms with E-state index in [-0.39, 0.29) is 4.90 Å². The van der Waals surface area contributed by atoms with Crippen molar-refractivity contribution in [3.8, 4) is 0 Å². The van der Waals surface area contributed by atoms with E-state index in [2.05, 4.69) is 41.9 Å². The predicted octanol–water partition coefficient (Wildman–Crippen LogP) is 5.56. The van der Waals surface area contributed by atoms with Gasteiger partial charge in [-0.25, -0.2) is 12.4 Å². The molecule has 10 heteroatoms. The molecule has 0 saturated carbocycles. The number of hydrogen-bond acceptors (Lipinski definition) is 3. The molecule has 1 heterocycles. The van der Waals surface area contributed by atoms with Crippen LogP contribution in [-0.2, 0) is 14.8 Å². The Bertz CT molecular complexity index is 1270. The molecule has 1 aromatic heterocycles. The molecule has 0 N–H and O–H groups in total. The minimum atomic E-state index is -3.86. The first-order valence-electron chi connectivity index (χ1n) is 7.83. The van der Waals surface area contributed by atoms with Crippen molar-refractivity contribution in [2.24, 2.45) is 5.11 Å². The monoisotopic (exact) mass is 522 g/mol. The molecule has 0 radical (unpaired) electrons. The molecule has 7 nitrogen and oxygen atoms in total. The highest BCUT2D eigenvalue weighted by molar-refractivity contribution is 9.13. The van der Waals surface area contributed by atoms with Gasteiger partial charge in [0.15, 0.2) is 0 Å². The maximum Gasteiger partial charge on any atom is 0.268 e. The molecule has 28 heavy (non-hydrogen) atoms. The van der Waals surface area contributed by atoms with Gasteiger partial charge in [0.2, 0.25) is 5.91 Å². The average molecular weight is 524 g/mol. The zero-order valence-electron chi connectivity index (χ0n) is 14.4. The first-order chi connectivity index (χ1) is 13.2. The summed E-state index contributed by atoms with van der Waals surface area (Å²) in [4.78, 5) is 14.1. The fourth-order valence-electron chi connectivity index (χ4n) is 2.61. The lowest BCUT2D eigenvalue weighted by molar-refractivity contribution is -0.113. The number of halogens is 2. The number of fused-ring (bicyclic) bond motifs is 1. The van der Waals surface area contributed by atoms with Gasteiger partial charge in [0.25, 0.3) is 10.0 Å². The van der Waals surface area contributed by atoms with Gasteiger partial charge < -0.3 is 0 Å². The van der Waals surface area contributed by atoms with Gasteiger partial charge in [-0.15, -0.1) is 0 Å². The van der Waals surface area contributed by atoms with Crippen LogP contribution in [0.1, 0.15) is 11.1 Å². The molecule has 0 bridgehead atoms. The van der Waals surface area contributed by atoms with Gasteiger partial charge in [0, 0.05) is 31.0 Å². The predicted molar refractivity (Wildman–Crippen MR) is 114 cm³/mol. The van der Waals surface area contributed by atoms with E-state index in [4.69, 9.17) is 5.53 Å². The third kappa shape index (κ3) is 3.90. The van der Waals surface area contributed by atoms with Crippen LogP contribution in [0, 0.1) is 6.92 Å². The largest absolute Gasteiger partial charge is 0.288 e. The SMILES string of the molecule is Cc1ccc(S(=O)(=O)n2cc(/C=C/C(=O)N=[N+]=[N-])c3cc(Br)c(Br)cc32)cc1. The van der Waals surface area contributed by atoms with Crippen LogP contribution in [0.25, 0.3) is 27.4 Å². The van der Waals surface area contributed by atoms with E-state index in [0.29, 0.717) is 20.9 Å². The second-order valence-corrected chi connectivity index (χ2v) is 9.37. The summed E-state index contributed by atoms with van der Waals surface area (Å²) < 4.78 is 28.9. The van der Waals surface area contributed by atoms with E-state index in [0.717, 1.165) is 16.1 Å². The van der Waals surface area contributed by atoms with Crippen molar-refractivity contribution >= 4 is 64.8 Å². The van der Waals surface area contributed by atoms with E-state index in [1.807, 2.05) is 6.92 Å². The molecule has 0 unspecified atom stereocenters. The molecule has 142 valence electrons. The number of benzene rings is 2. The van der Waals surface area contributed by atoms with Crippen LogP contribution in [0.4, 0.5) is 0 Å². The highest BCUT2D eigenvalue weighted by Crippen LogP contribution is 2.34. The Morgan fingerprint density at radius 3 is 2.46 bits per heavy atom. The summed E-state index contributed by atoms with van der Waals surface area (Å²) in [5.41, 5.74) is 10.2. The summed E-state index contributed by atoms with van der Waals surface area (Å²) in [5, 5.41) is 3.58. The molecular formula is C18H12Br2N4O3S. The number of nitrogens with zero attached hydrogens (tertiary/aromatic N) is 4. The molecule has 3 aromatic rings. The topological polar surface area (TPSA) is 105 Å². The molecule has 1 amide bonds. The zero-order chi connectivity index (χ0) is 20.5. The van der Waals surface area contributed by atoms with E-state index in [1.165, 1.54) is 16.2 Å². The Morgan fingerprint density at radius 2 is 1.82 bits per heavy atom. The number of carbonyl (C=O) groups excluding carboxylic acids is 1. The summed E-state index contributed by atoms with van der Waals surface area (Å²) in [7, 11) is -3.86. The quantitative estimate of drug-likeness (QED) is 0.193. The second-order valence-electron chi connectivity index (χ2n) is 5.84. The molecule has 0 aliphatic rings. The molecule has 0 atom stereocenters. The van der Waals surface area contributed by atoms with Crippen LogP contribution in [0.15, 0.2) is 67.6 Å². The number of aryl methyl sites for hydroxylation is 1. The second kappa shape index (κ2) is 7.92. The standard InChI is InChI=1S/C18H12Br2N4O3S/c1-11-2-5-13(6-3-11)28(26,27)24-10-12(4-7-18(25)22-23-21)14-8-15(19)16(20)9-17(14)24/h2-10H,1H3/b7-4+. The molecule has 0 fully saturated rings. The van der Waals surface area contributed by atoms with Crippen LogP contribution in [-0.4, -0.2) is 18.3 Å². The van der Waals surface area contributed by atoms with E-state index >= 15 is 0 Å². The third-order valence-corrected chi connectivity index (χ3v) is 7.50. The summed E-state index contributed by atoms with van der Waals surface area (Å²) in [6, 6.07) is 9.97. The summed E-state index contributed by atoms with van der Waals surface area (Å²) in [6.45, 7) is 1.87. The Balaban J connectivity index is 2.25. The van der Waals surface area contributed by atoms with E-state index in [1.54, 1.807) is 36.4 Å². The van der Waals surface area contributed by atoms with Gasteiger partial charge in [0.1, 0.15) is 0 Å². The van der Waals surface area contributed by atoms with E-state index in [9.17, 15) is 13.2 Å². The number of carbonyl (C=O) groups is 1. The van der Waals surface area contributed by atoms with Gasteiger partial charge in [-0.1, -0.05) is 17.7 Å². The summed E-state index contributed by atoms with van der Waals surface area (Å²) in [5.74, 6) is -0.777. The van der Waals surface area contributed by atoms with Crippen molar-refractivity contribution in [1.82, 2.24) is 3.97 Å². The molecule has 0 saturated heterocycles. The lowest BCUT2D eigenvalue weighted by atomic mass is 10.1. The molecule has 0 aliphatic heterocycles. The van der Waals surface area contributed by atoms with Crippen molar-refractivity contribution in [2.45, 2.75) is 11.8 Å². The zero-order valence-corrected chi connectivity index (χ0v) is 18.4. The van der Waals surface area contributed by atoms with Crippen LogP contribution in [0.2, 0.25) is 0 Å². The summed E-state index contributed by atoms with van der Waals surface area (Å²) >= 11 is 6.80. The van der Waals surface area contributed by atoms with Gasteiger partial charge in [-0.05, 0) is 85.8 Å². The van der Waals surface area contributed by atoms with Gasteiger partial charge >= 0.3 is 0 Å². The van der Waals surface area contributed by atoms with Crippen molar-refractivity contribution in [3.63, 3.8) is 0 Å². The normalized spacial score (nSPS) is 11.7. The molecular weight excluding hydrogens is 512 g/mol. The Morgan fingerprint density at radius 1 is 1.18 bits per heavy atom. The van der Waals surface area contributed by atoms with Gasteiger partial charge in [-0.3, -0.25) is 4.79 Å². The minimum Gasteiger partial charge on any atom is -0.288 e. The van der Waals surface area contributed by atoms with Gasteiger partial charge in [-0.2, -0.15) is 0 Å². The van der Waals surface area contributed by atoms with Crippen LogP contribution in [0.5, 0.6) is 0 Å². The van der Waals surface area contributed by atoms with Crippen LogP contribution >= 0.6 is 31.9 Å². The molecule has 3 rings (SSSR count). The average Bonchev–Trinajstić information content (AvgIpc) is 2.99. The minimum absolute atomic E-state index is 0.148. The molecule has 0 spiro atoms. The molecule has 2 aromatic carbocycles. The Hall–Kier alpha value is -2.39. The first-order valence-corrected chi connectivity index (χ1v) is 10.9. The van der Waals surface area contributed by atoms with Crippen molar-refractivity contribution < 1.29 is 13.2 Å². The Labute approximate surface area is 177 Å². The lowest BCUT2D eigenvalue weighted by Gasteiger charge is -2.08. The number of hydrogen-bond donors (Lipinski definition) is 0.